The number of thioether (sulfide) groups is 1. The standard InChI is InChI=1S/C19H16N6OS2/c1-13-7-9-14(10-8-13)21-17(26)18-23-22-16(28-18)11-27-19-24-20-12-25(19)15-5-3-2-4-6-15/h2-10,12H,11H2,1H3,(H,21,26). The Morgan fingerprint density at radius 3 is 2.64 bits per heavy atom. The molecular formula is C19H16N6OS2. The minimum absolute atomic E-state index is 0.259. The number of rotatable bonds is 6. The molecule has 7 nitrogen and oxygen atoms in total. The van der Waals surface area contributed by atoms with Crippen molar-refractivity contribution in [1.82, 2.24) is 25.0 Å². The van der Waals surface area contributed by atoms with E-state index in [0.717, 1.165) is 27.1 Å². The summed E-state index contributed by atoms with van der Waals surface area (Å²) in [5.41, 5.74) is 2.86. The molecule has 0 spiro atoms. The third-order valence-electron chi connectivity index (χ3n) is 3.85. The number of hydrogen-bond acceptors (Lipinski definition) is 7. The van der Waals surface area contributed by atoms with E-state index in [2.05, 4.69) is 25.7 Å². The second-order valence-corrected chi connectivity index (χ2v) is 7.93. The number of para-hydroxylation sites is 1. The summed E-state index contributed by atoms with van der Waals surface area (Å²) in [7, 11) is 0. The molecule has 0 aliphatic carbocycles. The number of aromatic nitrogens is 5. The van der Waals surface area contributed by atoms with Gasteiger partial charge in [0.15, 0.2) is 5.16 Å². The summed E-state index contributed by atoms with van der Waals surface area (Å²) in [6, 6.07) is 17.5. The molecule has 0 saturated carbocycles. The Hall–Kier alpha value is -3.04. The number of carbonyl (C=O) groups excluding carboxylic acids is 1. The highest BCUT2D eigenvalue weighted by Gasteiger charge is 2.15. The fourth-order valence-corrected chi connectivity index (χ4v) is 4.09. The first-order valence-electron chi connectivity index (χ1n) is 8.48. The third-order valence-corrected chi connectivity index (χ3v) is 5.91. The Morgan fingerprint density at radius 2 is 1.86 bits per heavy atom. The van der Waals surface area contributed by atoms with Crippen LogP contribution in [0.15, 0.2) is 66.1 Å². The summed E-state index contributed by atoms with van der Waals surface area (Å²) in [5.74, 6) is 0.297. The van der Waals surface area contributed by atoms with Gasteiger partial charge in [-0.25, -0.2) is 0 Å². The molecule has 0 aliphatic rings. The molecular weight excluding hydrogens is 392 g/mol. The second-order valence-electron chi connectivity index (χ2n) is 5.93. The fraction of sp³-hybridized carbons (Fsp3) is 0.105. The van der Waals surface area contributed by atoms with Crippen molar-refractivity contribution in [3.8, 4) is 5.69 Å². The molecule has 1 amide bonds. The van der Waals surface area contributed by atoms with Crippen LogP contribution in [0.3, 0.4) is 0 Å². The molecule has 0 unspecified atom stereocenters. The van der Waals surface area contributed by atoms with Crippen molar-refractivity contribution in [1.29, 1.82) is 0 Å². The van der Waals surface area contributed by atoms with Crippen LogP contribution in [0.5, 0.6) is 0 Å². The SMILES string of the molecule is Cc1ccc(NC(=O)c2nnc(CSc3nncn3-c3ccccc3)s2)cc1. The van der Waals surface area contributed by atoms with E-state index in [1.54, 1.807) is 6.33 Å². The van der Waals surface area contributed by atoms with E-state index in [4.69, 9.17) is 0 Å². The Labute approximate surface area is 169 Å². The van der Waals surface area contributed by atoms with Gasteiger partial charge < -0.3 is 5.32 Å². The number of hydrogen-bond donors (Lipinski definition) is 1. The third kappa shape index (κ3) is 4.26. The number of amides is 1. The van der Waals surface area contributed by atoms with Crippen LogP contribution >= 0.6 is 23.1 Å². The monoisotopic (exact) mass is 408 g/mol. The van der Waals surface area contributed by atoms with Crippen molar-refractivity contribution >= 4 is 34.7 Å². The van der Waals surface area contributed by atoms with Gasteiger partial charge in [-0.3, -0.25) is 9.36 Å². The van der Waals surface area contributed by atoms with Gasteiger partial charge >= 0.3 is 0 Å². The molecule has 28 heavy (non-hydrogen) atoms. The van der Waals surface area contributed by atoms with Crippen molar-refractivity contribution in [3.63, 3.8) is 0 Å². The lowest BCUT2D eigenvalue weighted by atomic mass is 10.2. The van der Waals surface area contributed by atoms with Gasteiger partial charge in [0.25, 0.3) is 5.91 Å². The van der Waals surface area contributed by atoms with Gasteiger partial charge in [0.2, 0.25) is 5.01 Å². The van der Waals surface area contributed by atoms with Crippen molar-refractivity contribution in [2.75, 3.05) is 5.32 Å². The van der Waals surface area contributed by atoms with Crippen LogP contribution in [0.25, 0.3) is 5.69 Å². The molecule has 0 radical (unpaired) electrons. The Balaban J connectivity index is 1.40. The molecule has 2 aromatic heterocycles. The predicted octanol–water partition coefficient (Wildman–Crippen LogP) is 3.97. The number of anilines is 1. The van der Waals surface area contributed by atoms with E-state index in [0.29, 0.717) is 10.8 Å². The summed E-state index contributed by atoms with van der Waals surface area (Å²) in [6.07, 6.45) is 1.68. The number of nitrogens with one attached hydrogen (secondary N) is 1. The minimum atomic E-state index is -0.259. The van der Waals surface area contributed by atoms with Crippen LogP contribution in [0.2, 0.25) is 0 Å². The van der Waals surface area contributed by atoms with Crippen LogP contribution in [0.1, 0.15) is 20.4 Å². The number of carbonyl (C=O) groups is 1. The Bertz CT molecular complexity index is 1080. The molecule has 140 valence electrons. The molecule has 0 fully saturated rings. The first kappa shape index (κ1) is 18.3. The predicted molar refractivity (Wildman–Crippen MR) is 110 cm³/mol. The molecule has 9 heteroatoms. The molecule has 0 saturated heterocycles. The quantitative estimate of drug-likeness (QED) is 0.486. The molecule has 0 atom stereocenters. The smallest absolute Gasteiger partial charge is 0.286 e. The highest BCUT2D eigenvalue weighted by Crippen LogP contribution is 2.25. The minimum Gasteiger partial charge on any atom is -0.320 e. The molecule has 0 aliphatic heterocycles. The second kappa shape index (κ2) is 8.32. The Morgan fingerprint density at radius 1 is 1.07 bits per heavy atom. The number of aryl methyl sites for hydroxylation is 1. The molecule has 4 aromatic rings. The van der Waals surface area contributed by atoms with Gasteiger partial charge in [0.1, 0.15) is 11.3 Å². The molecule has 1 N–H and O–H groups in total. The van der Waals surface area contributed by atoms with Crippen LogP contribution in [-0.4, -0.2) is 30.9 Å². The van der Waals surface area contributed by atoms with Crippen LogP contribution in [-0.2, 0) is 5.75 Å². The zero-order valence-corrected chi connectivity index (χ0v) is 16.6. The normalized spacial score (nSPS) is 10.8. The highest BCUT2D eigenvalue weighted by molar-refractivity contribution is 7.98. The Kier molecular flexibility index (Phi) is 5.45. The van der Waals surface area contributed by atoms with E-state index < -0.39 is 0 Å². The van der Waals surface area contributed by atoms with Crippen molar-refractivity contribution in [3.05, 3.63) is 76.5 Å². The van der Waals surface area contributed by atoms with Crippen molar-refractivity contribution in [2.45, 2.75) is 17.8 Å². The number of benzene rings is 2. The first-order chi connectivity index (χ1) is 13.7. The molecule has 2 heterocycles. The molecule has 4 rings (SSSR count). The van der Waals surface area contributed by atoms with Crippen molar-refractivity contribution < 1.29 is 4.79 Å². The van der Waals surface area contributed by atoms with E-state index in [1.807, 2.05) is 66.1 Å². The molecule has 0 bridgehead atoms. The van der Waals surface area contributed by atoms with E-state index in [9.17, 15) is 4.79 Å². The van der Waals surface area contributed by atoms with Gasteiger partial charge in [0, 0.05) is 11.4 Å². The maximum Gasteiger partial charge on any atom is 0.286 e. The highest BCUT2D eigenvalue weighted by atomic mass is 32.2. The summed E-state index contributed by atoms with van der Waals surface area (Å²) < 4.78 is 1.91. The van der Waals surface area contributed by atoms with E-state index in [1.165, 1.54) is 23.1 Å². The lowest BCUT2D eigenvalue weighted by Crippen LogP contribution is -2.11. The number of nitrogens with zero attached hydrogens (tertiary/aromatic N) is 5. The molecule has 2 aromatic carbocycles. The zero-order valence-electron chi connectivity index (χ0n) is 14.9. The zero-order chi connectivity index (χ0) is 19.3. The topological polar surface area (TPSA) is 85.6 Å². The van der Waals surface area contributed by atoms with Crippen molar-refractivity contribution in [2.24, 2.45) is 0 Å². The van der Waals surface area contributed by atoms with Gasteiger partial charge in [-0.05, 0) is 31.2 Å². The maximum atomic E-state index is 12.3. The van der Waals surface area contributed by atoms with Crippen LogP contribution in [0, 0.1) is 6.92 Å². The lowest BCUT2D eigenvalue weighted by molar-refractivity contribution is 0.102. The maximum absolute atomic E-state index is 12.3. The van der Waals surface area contributed by atoms with E-state index >= 15 is 0 Å². The van der Waals surface area contributed by atoms with E-state index in [-0.39, 0.29) is 5.91 Å². The van der Waals surface area contributed by atoms with Gasteiger partial charge in [0.05, 0.1) is 5.75 Å². The summed E-state index contributed by atoms with van der Waals surface area (Å²) >= 11 is 2.77. The summed E-state index contributed by atoms with van der Waals surface area (Å²) in [5, 5.41) is 21.0. The van der Waals surface area contributed by atoms with Gasteiger partial charge in [-0.2, -0.15) is 0 Å². The average molecular weight is 409 g/mol. The largest absolute Gasteiger partial charge is 0.320 e. The summed E-state index contributed by atoms with van der Waals surface area (Å²) in [4.78, 5) is 12.3. The van der Waals surface area contributed by atoms with Gasteiger partial charge in [-0.15, -0.1) is 20.4 Å². The van der Waals surface area contributed by atoms with Crippen LogP contribution in [0.4, 0.5) is 5.69 Å². The summed E-state index contributed by atoms with van der Waals surface area (Å²) in [6.45, 7) is 2.00. The van der Waals surface area contributed by atoms with Gasteiger partial charge in [-0.1, -0.05) is 59.0 Å². The first-order valence-corrected chi connectivity index (χ1v) is 10.3. The average Bonchev–Trinajstić information content (AvgIpc) is 3.38. The lowest BCUT2D eigenvalue weighted by Gasteiger charge is -2.04. The fourth-order valence-electron chi connectivity index (χ4n) is 2.44. The van der Waals surface area contributed by atoms with Crippen LogP contribution < -0.4 is 5.32 Å².